The van der Waals surface area contributed by atoms with Gasteiger partial charge in [-0.25, -0.2) is 4.79 Å². The molecule has 0 saturated heterocycles. The average molecular weight is 246 g/mol. The first-order valence-electron chi connectivity index (χ1n) is 5.57. The summed E-state index contributed by atoms with van der Waals surface area (Å²) in [4.78, 5) is 22.4. The van der Waals surface area contributed by atoms with Crippen LogP contribution in [-0.4, -0.2) is 49.3 Å². The molecule has 6 heteroatoms. The minimum absolute atomic E-state index is 0.0330. The van der Waals surface area contributed by atoms with Crippen molar-refractivity contribution in [2.45, 2.75) is 26.4 Å². The highest BCUT2D eigenvalue weighted by Crippen LogP contribution is 2.03. The third kappa shape index (κ3) is 6.91. The predicted molar refractivity (Wildman–Crippen MR) is 63.4 cm³/mol. The number of rotatable bonds is 7. The standard InChI is InChI=1S/C11H22N2O4/c1-8(2)5-13-9(14)6-12-7-11(3,16)10(15)17-4/h8,12,16H,5-7H2,1-4H3,(H,13,14). The molecule has 6 nitrogen and oxygen atoms in total. The van der Waals surface area contributed by atoms with Crippen LogP contribution in [0.4, 0.5) is 0 Å². The summed E-state index contributed by atoms with van der Waals surface area (Å²) in [7, 11) is 1.20. The quantitative estimate of drug-likeness (QED) is 0.516. The molecule has 0 spiro atoms. The number of methoxy groups -OCH3 is 1. The molecule has 0 rings (SSSR count). The van der Waals surface area contributed by atoms with Crippen molar-refractivity contribution in [1.82, 2.24) is 10.6 Å². The molecule has 17 heavy (non-hydrogen) atoms. The van der Waals surface area contributed by atoms with Crippen LogP contribution in [0, 0.1) is 5.92 Å². The highest BCUT2D eigenvalue weighted by molar-refractivity contribution is 5.80. The number of hydrogen-bond acceptors (Lipinski definition) is 5. The van der Waals surface area contributed by atoms with E-state index in [1.807, 2.05) is 13.8 Å². The van der Waals surface area contributed by atoms with E-state index in [9.17, 15) is 14.7 Å². The van der Waals surface area contributed by atoms with Crippen LogP contribution >= 0.6 is 0 Å². The molecule has 0 saturated carbocycles. The Morgan fingerprint density at radius 1 is 1.41 bits per heavy atom. The lowest BCUT2D eigenvalue weighted by atomic mass is 10.1. The Labute approximate surface area is 102 Å². The molecule has 0 aromatic rings. The van der Waals surface area contributed by atoms with Crippen LogP contribution in [0.25, 0.3) is 0 Å². The monoisotopic (exact) mass is 246 g/mol. The number of carbonyl (C=O) groups excluding carboxylic acids is 2. The van der Waals surface area contributed by atoms with Gasteiger partial charge in [-0.3, -0.25) is 4.79 Å². The first kappa shape index (κ1) is 15.9. The first-order valence-corrected chi connectivity index (χ1v) is 5.57. The lowest BCUT2D eigenvalue weighted by molar-refractivity contribution is -0.160. The molecule has 0 aliphatic heterocycles. The van der Waals surface area contributed by atoms with Gasteiger partial charge in [0.05, 0.1) is 13.7 Å². The molecule has 0 aromatic carbocycles. The summed E-state index contributed by atoms with van der Waals surface area (Å²) in [5.74, 6) is -0.510. The predicted octanol–water partition coefficient (Wildman–Crippen LogP) is -0.728. The van der Waals surface area contributed by atoms with Gasteiger partial charge < -0.3 is 20.5 Å². The second-order valence-corrected chi connectivity index (χ2v) is 4.57. The van der Waals surface area contributed by atoms with Gasteiger partial charge in [0.2, 0.25) is 5.91 Å². The van der Waals surface area contributed by atoms with E-state index in [0.717, 1.165) is 0 Å². The fraction of sp³-hybridized carbons (Fsp3) is 0.818. The molecule has 100 valence electrons. The van der Waals surface area contributed by atoms with Crippen molar-refractivity contribution in [1.29, 1.82) is 0 Å². The highest BCUT2D eigenvalue weighted by Gasteiger charge is 2.30. The molecule has 0 radical (unpaired) electrons. The zero-order valence-electron chi connectivity index (χ0n) is 10.9. The van der Waals surface area contributed by atoms with Crippen LogP contribution in [-0.2, 0) is 14.3 Å². The van der Waals surface area contributed by atoms with Crippen LogP contribution in [0.15, 0.2) is 0 Å². The molecule has 0 aromatic heterocycles. The van der Waals surface area contributed by atoms with Gasteiger partial charge in [-0.15, -0.1) is 0 Å². The van der Waals surface area contributed by atoms with E-state index >= 15 is 0 Å². The maximum Gasteiger partial charge on any atom is 0.338 e. The minimum atomic E-state index is -1.62. The summed E-state index contributed by atoms with van der Waals surface area (Å²) in [6.45, 7) is 5.95. The van der Waals surface area contributed by atoms with Gasteiger partial charge in [0.1, 0.15) is 0 Å². The Hall–Kier alpha value is -1.14. The van der Waals surface area contributed by atoms with E-state index in [2.05, 4.69) is 15.4 Å². The summed E-state index contributed by atoms with van der Waals surface area (Å²) >= 11 is 0. The third-order valence-electron chi connectivity index (χ3n) is 2.09. The molecule has 0 bridgehead atoms. The fourth-order valence-corrected chi connectivity index (χ4v) is 1.09. The molecule has 0 heterocycles. The number of ether oxygens (including phenoxy) is 1. The Balaban J connectivity index is 3.83. The summed E-state index contributed by atoms with van der Waals surface area (Å²) in [5.41, 5.74) is -1.62. The molecule has 1 unspecified atom stereocenters. The van der Waals surface area contributed by atoms with Gasteiger partial charge >= 0.3 is 5.97 Å². The lowest BCUT2D eigenvalue weighted by Gasteiger charge is -2.20. The van der Waals surface area contributed by atoms with Gasteiger partial charge in [-0.05, 0) is 12.8 Å². The molecule has 0 fully saturated rings. The van der Waals surface area contributed by atoms with Crippen LogP contribution in [0.2, 0.25) is 0 Å². The van der Waals surface area contributed by atoms with E-state index in [0.29, 0.717) is 12.5 Å². The van der Waals surface area contributed by atoms with Crippen molar-refractivity contribution in [3.05, 3.63) is 0 Å². The van der Waals surface area contributed by atoms with Gasteiger partial charge in [0.15, 0.2) is 5.60 Å². The number of esters is 1. The van der Waals surface area contributed by atoms with Crippen molar-refractivity contribution in [3.8, 4) is 0 Å². The Bertz CT molecular complexity index is 264. The maximum absolute atomic E-state index is 11.3. The van der Waals surface area contributed by atoms with Gasteiger partial charge in [0.25, 0.3) is 0 Å². The van der Waals surface area contributed by atoms with Crippen LogP contribution in [0.5, 0.6) is 0 Å². The maximum atomic E-state index is 11.3. The number of aliphatic hydroxyl groups is 1. The molecule has 1 amide bonds. The minimum Gasteiger partial charge on any atom is -0.467 e. The van der Waals surface area contributed by atoms with Crippen molar-refractivity contribution in [2.24, 2.45) is 5.92 Å². The van der Waals surface area contributed by atoms with E-state index in [-0.39, 0.29) is 19.0 Å². The Kier molecular flexibility index (Phi) is 6.75. The van der Waals surface area contributed by atoms with E-state index in [1.165, 1.54) is 14.0 Å². The van der Waals surface area contributed by atoms with Crippen molar-refractivity contribution >= 4 is 11.9 Å². The molecular weight excluding hydrogens is 224 g/mol. The zero-order valence-corrected chi connectivity index (χ0v) is 10.9. The average Bonchev–Trinajstić information content (AvgIpc) is 2.24. The SMILES string of the molecule is COC(=O)C(C)(O)CNCC(=O)NCC(C)C. The smallest absolute Gasteiger partial charge is 0.338 e. The van der Waals surface area contributed by atoms with E-state index in [1.54, 1.807) is 0 Å². The molecular formula is C11H22N2O4. The number of nitrogens with one attached hydrogen (secondary N) is 2. The van der Waals surface area contributed by atoms with E-state index in [4.69, 9.17) is 0 Å². The largest absolute Gasteiger partial charge is 0.467 e. The normalized spacial score (nSPS) is 14.2. The number of carbonyl (C=O) groups is 2. The zero-order chi connectivity index (χ0) is 13.5. The van der Waals surface area contributed by atoms with Gasteiger partial charge in [-0.1, -0.05) is 13.8 Å². The second kappa shape index (κ2) is 7.24. The van der Waals surface area contributed by atoms with Gasteiger partial charge in [0, 0.05) is 13.1 Å². The topological polar surface area (TPSA) is 87.7 Å². The molecule has 3 N–H and O–H groups in total. The van der Waals surface area contributed by atoms with Crippen molar-refractivity contribution in [3.63, 3.8) is 0 Å². The first-order chi connectivity index (χ1) is 7.79. The van der Waals surface area contributed by atoms with Crippen LogP contribution < -0.4 is 10.6 Å². The van der Waals surface area contributed by atoms with Crippen molar-refractivity contribution in [2.75, 3.05) is 26.7 Å². The highest BCUT2D eigenvalue weighted by atomic mass is 16.5. The molecule has 0 aliphatic rings. The number of amides is 1. The van der Waals surface area contributed by atoms with Gasteiger partial charge in [-0.2, -0.15) is 0 Å². The molecule has 1 atom stereocenters. The summed E-state index contributed by atoms with van der Waals surface area (Å²) in [6.07, 6.45) is 0. The summed E-state index contributed by atoms with van der Waals surface area (Å²) in [5, 5.41) is 15.1. The molecule has 0 aliphatic carbocycles. The summed E-state index contributed by atoms with van der Waals surface area (Å²) in [6, 6.07) is 0. The number of hydrogen-bond donors (Lipinski definition) is 3. The lowest BCUT2D eigenvalue weighted by Crippen LogP contribution is -2.48. The second-order valence-electron chi connectivity index (χ2n) is 4.57. The van der Waals surface area contributed by atoms with Crippen molar-refractivity contribution < 1.29 is 19.4 Å². The third-order valence-corrected chi connectivity index (χ3v) is 2.09. The Morgan fingerprint density at radius 3 is 2.47 bits per heavy atom. The van der Waals surface area contributed by atoms with Crippen LogP contribution in [0.3, 0.4) is 0 Å². The Morgan fingerprint density at radius 2 is 2.00 bits per heavy atom. The fourth-order valence-electron chi connectivity index (χ4n) is 1.09. The van der Waals surface area contributed by atoms with Crippen LogP contribution in [0.1, 0.15) is 20.8 Å². The van der Waals surface area contributed by atoms with E-state index < -0.39 is 11.6 Å². The summed E-state index contributed by atoms with van der Waals surface area (Å²) < 4.78 is 4.42.